The van der Waals surface area contributed by atoms with Gasteiger partial charge in [0.25, 0.3) is 10.0 Å². The average Bonchev–Trinajstić information content (AvgIpc) is 3.39. The van der Waals surface area contributed by atoms with Gasteiger partial charge >= 0.3 is 0 Å². The van der Waals surface area contributed by atoms with Gasteiger partial charge in [-0.15, -0.1) is 0 Å². The van der Waals surface area contributed by atoms with E-state index in [2.05, 4.69) is 10.4 Å². The highest BCUT2D eigenvalue weighted by Crippen LogP contribution is 2.34. The Balaban J connectivity index is 1.27. The third-order valence-corrected chi connectivity index (χ3v) is 8.16. The molecule has 0 saturated heterocycles. The fourth-order valence-electron chi connectivity index (χ4n) is 4.46. The van der Waals surface area contributed by atoms with Gasteiger partial charge in [-0.25, -0.2) is 8.42 Å². The van der Waals surface area contributed by atoms with Gasteiger partial charge in [0.1, 0.15) is 24.2 Å². The highest BCUT2D eigenvalue weighted by molar-refractivity contribution is 7.93. The lowest BCUT2D eigenvalue weighted by Gasteiger charge is -2.26. The summed E-state index contributed by atoms with van der Waals surface area (Å²) < 4.78 is 41.4. The van der Waals surface area contributed by atoms with Crippen LogP contribution in [0.1, 0.15) is 17.0 Å². The lowest BCUT2D eigenvalue weighted by Crippen LogP contribution is -2.41. The molecule has 0 radical (unpaired) electrons. The largest absolute Gasteiger partial charge is 0.486 e. The molecule has 0 spiro atoms. The number of anilines is 1. The summed E-state index contributed by atoms with van der Waals surface area (Å²) in [6.45, 7) is 4.22. The van der Waals surface area contributed by atoms with Crippen molar-refractivity contribution in [1.29, 1.82) is 0 Å². The van der Waals surface area contributed by atoms with Gasteiger partial charge in [-0.2, -0.15) is 5.10 Å². The van der Waals surface area contributed by atoms with E-state index in [1.807, 2.05) is 48.5 Å². The quantitative estimate of drug-likeness (QED) is 0.578. The van der Waals surface area contributed by atoms with E-state index in [9.17, 15) is 13.2 Å². The summed E-state index contributed by atoms with van der Waals surface area (Å²) in [5.74, 6) is 1.04. The van der Waals surface area contributed by atoms with Crippen LogP contribution in [-0.2, 0) is 27.8 Å². The molecule has 34 heavy (non-hydrogen) atoms. The summed E-state index contributed by atoms with van der Waals surface area (Å²) in [5, 5.41) is 7.19. The molecule has 0 aliphatic carbocycles. The number of sulfonamides is 1. The number of fused-ring (bicyclic) bond motifs is 2. The van der Waals surface area contributed by atoms with Gasteiger partial charge in [0, 0.05) is 6.54 Å². The van der Waals surface area contributed by atoms with Crippen molar-refractivity contribution in [3.63, 3.8) is 0 Å². The number of benzene rings is 2. The smallest absolute Gasteiger partial charge is 0.268 e. The zero-order valence-corrected chi connectivity index (χ0v) is 19.8. The van der Waals surface area contributed by atoms with Crippen molar-refractivity contribution in [2.75, 3.05) is 24.0 Å². The van der Waals surface area contributed by atoms with Crippen molar-refractivity contribution in [1.82, 2.24) is 15.1 Å². The lowest BCUT2D eigenvalue weighted by atomic mass is 10.2. The Bertz CT molecular complexity index is 1350. The molecular weight excluding hydrogens is 456 g/mol. The minimum Gasteiger partial charge on any atom is -0.486 e. The molecular formula is C24H26N4O5S. The topological polar surface area (TPSA) is 103 Å². The van der Waals surface area contributed by atoms with Crippen molar-refractivity contribution >= 4 is 21.6 Å². The second-order valence-electron chi connectivity index (χ2n) is 8.42. The molecule has 2 aliphatic heterocycles. The Labute approximate surface area is 198 Å². The molecule has 1 atom stereocenters. The molecule has 1 N–H and O–H groups in total. The van der Waals surface area contributed by atoms with Gasteiger partial charge in [-0.05, 0) is 44.0 Å². The predicted octanol–water partition coefficient (Wildman–Crippen LogP) is 2.21. The fraction of sp³-hybridized carbons (Fsp3) is 0.333. The third-order valence-electron chi connectivity index (χ3n) is 6.10. The number of nitrogens with one attached hydrogen (secondary N) is 1. The highest BCUT2D eigenvalue weighted by atomic mass is 32.2. The predicted molar refractivity (Wildman–Crippen MR) is 126 cm³/mol. The van der Waals surface area contributed by atoms with Gasteiger partial charge < -0.3 is 14.8 Å². The number of aromatic nitrogens is 2. The second-order valence-corrected chi connectivity index (χ2v) is 10.2. The molecule has 1 amide bonds. The van der Waals surface area contributed by atoms with Crippen molar-refractivity contribution in [3.8, 4) is 11.5 Å². The summed E-state index contributed by atoms with van der Waals surface area (Å²) >= 11 is 0. The second kappa shape index (κ2) is 8.68. The zero-order valence-electron chi connectivity index (χ0n) is 19.0. The van der Waals surface area contributed by atoms with Crippen LogP contribution < -0.4 is 19.1 Å². The molecule has 3 aromatic rings. The van der Waals surface area contributed by atoms with Crippen LogP contribution in [0.2, 0.25) is 0 Å². The molecule has 0 fully saturated rings. The summed E-state index contributed by atoms with van der Waals surface area (Å²) in [7, 11) is -3.80. The average molecular weight is 483 g/mol. The summed E-state index contributed by atoms with van der Waals surface area (Å²) in [5.41, 5.74) is 2.51. The number of ether oxygens (including phenoxy) is 2. The number of carbonyl (C=O) groups is 1. The van der Waals surface area contributed by atoms with E-state index in [4.69, 9.17) is 9.47 Å². The van der Waals surface area contributed by atoms with Crippen LogP contribution in [0, 0.1) is 13.8 Å². The summed E-state index contributed by atoms with van der Waals surface area (Å²) in [6, 6.07) is 14.9. The number of hydrogen-bond donors (Lipinski definition) is 1. The Kier molecular flexibility index (Phi) is 5.68. The Morgan fingerprint density at radius 2 is 1.85 bits per heavy atom. The Hall–Kier alpha value is -3.53. The van der Waals surface area contributed by atoms with E-state index in [1.54, 1.807) is 13.8 Å². The van der Waals surface area contributed by atoms with Gasteiger partial charge in [-0.1, -0.05) is 30.3 Å². The number of hydrogen-bond acceptors (Lipinski definition) is 6. The van der Waals surface area contributed by atoms with Gasteiger partial charge in [0.2, 0.25) is 5.91 Å². The highest BCUT2D eigenvalue weighted by Gasteiger charge is 2.35. The zero-order chi connectivity index (χ0) is 23.9. The Morgan fingerprint density at radius 3 is 2.68 bits per heavy atom. The number of rotatable bonds is 6. The molecule has 1 aromatic heterocycles. The number of aryl methyl sites for hydroxylation is 1. The van der Waals surface area contributed by atoms with E-state index < -0.39 is 10.0 Å². The van der Waals surface area contributed by atoms with Gasteiger partial charge in [0.15, 0.2) is 11.5 Å². The molecule has 10 heteroatoms. The minimum absolute atomic E-state index is 0.0943. The van der Waals surface area contributed by atoms with Crippen molar-refractivity contribution in [3.05, 3.63) is 65.5 Å². The molecule has 0 saturated carbocycles. The maximum Gasteiger partial charge on any atom is 0.268 e. The van der Waals surface area contributed by atoms with E-state index >= 15 is 0 Å². The molecule has 178 valence electrons. The van der Waals surface area contributed by atoms with Gasteiger partial charge in [0.05, 0.1) is 23.6 Å². The number of carbonyl (C=O) groups excluding carboxylic acids is 1. The van der Waals surface area contributed by atoms with Crippen LogP contribution in [0.5, 0.6) is 11.5 Å². The number of amides is 1. The van der Waals surface area contributed by atoms with Crippen molar-refractivity contribution in [2.24, 2.45) is 0 Å². The van der Waals surface area contributed by atoms with Crippen LogP contribution in [0.4, 0.5) is 5.69 Å². The molecule has 1 unspecified atom stereocenters. The lowest BCUT2D eigenvalue weighted by molar-refractivity contribution is -0.122. The van der Waals surface area contributed by atoms with Crippen LogP contribution in [0.3, 0.4) is 0 Å². The number of para-hydroxylation sites is 3. The molecule has 0 bridgehead atoms. The van der Waals surface area contributed by atoms with E-state index in [0.717, 1.165) is 5.56 Å². The molecule has 5 rings (SSSR count). The van der Waals surface area contributed by atoms with Crippen LogP contribution >= 0.6 is 0 Å². The maximum absolute atomic E-state index is 13.5. The van der Waals surface area contributed by atoms with E-state index in [-0.39, 0.29) is 30.0 Å². The Morgan fingerprint density at radius 1 is 1.12 bits per heavy atom. The van der Waals surface area contributed by atoms with Gasteiger partial charge in [-0.3, -0.25) is 13.8 Å². The standard InChI is InChI=1S/C24H26N4O5S/c1-16-24(34(30,31)28-12-11-18-7-3-4-8-20(18)28)17(2)27(26-16)14-23(29)25-13-19-15-32-21-9-5-6-10-22(21)33-19/h3-10,19H,11-15H2,1-2H3,(H,25,29). The molecule has 3 heterocycles. The number of nitrogens with zero attached hydrogens (tertiary/aromatic N) is 3. The summed E-state index contributed by atoms with van der Waals surface area (Å²) in [6.07, 6.45) is 0.354. The first-order chi connectivity index (χ1) is 16.3. The van der Waals surface area contributed by atoms with E-state index in [0.29, 0.717) is 48.1 Å². The van der Waals surface area contributed by atoms with Crippen molar-refractivity contribution in [2.45, 2.75) is 37.8 Å². The van der Waals surface area contributed by atoms with Crippen LogP contribution in [0.15, 0.2) is 53.4 Å². The first-order valence-electron chi connectivity index (χ1n) is 11.1. The molecule has 2 aromatic carbocycles. The van der Waals surface area contributed by atoms with Crippen molar-refractivity contribution < 1.29 is 22.7 Å². The monoisotopic (exact) mass is 482 g/mol. The normalized spacial score (nSPS) is 16.9. The van der Waals surface area contributed by atoms with E-state index in [1.165, 1.54) is 8.99 Å². The summed E-state index contributed by atoms with van der Waals surface area (Å²) in [4.78, 5) is 12.8. The third kappa shape index (κ3) is 3.98. The first-order valence-corrected chi connectivity index (χ1v) is 12.6. The maximum atomic E-state index is 13.5. The minimum atomic E-state index is -3.80. The SMILES string of the molecule is Cc1nn(CC(=O)NCC2COc3ccccc3O2)c(C)c1S(=O)(=O)N1CCc2ccccc21. The molecule has 2 aliphatic rings. The first kappa shape index (κ1) is 22.3. The van der Waals surface area contributed by atoms with Crippen LogP contribution in [0.25, 0.3) is 0 Å². The van der Waals surface area contributed by atoms with Crippen LogP contribution in [-0.4, -0.2) is 49.9 Å². The molecule has 9 nitrogen and oxygen atoms in total. The fourth-order valence-corrected chi connectivity index (χ4v) is 6.34.